The molecule has 0 saturated carbocycles. The largest absolute Gasteiger partial charge is 0.472 e. The predicted octanol–water partition coefficient (Wildman–Crippen LogP) is 24.4. The van der Waals surface area contributed by atoms with Crippen LogP contribution in [-0.4, -0.2) is 96.7 Å². The van der Waals surface area contributed by atoms with Crippen molar-refractivity contribution >= 4 is 39.5 Å². The molecule has 0 rings (SSSR count). The Kier molecular flexibility index (Phi) is 74.8. The molecule has 106 heavy (non-hydrogen) atoms. The number of hydrogen-bond acceptors (Lipinski definition) is 15. The minimum absolute atomic E-state index is 0.0270. The molecular weight excluding hydrogens is 1380 g/mol. The summed E-state index contributed by atoms with van der Waals surface area (Å²) in [5, 5.41) is 10.7. The Morgan fingerprint density at radius 1 is 0.274 bits per heavy atom. The summed E-state index contributed by atoms with van der Waals surface area (Å²) in [6.45, 7) is 4.62. The maximum atomic E-state index is 13.1. The van der Waals surface area contributed by atoms with Gasteiger partial charge in [-0.1, -0.05) is 309 Å². The van der Waals surface area contributed by atoms with Crippen LogP contribution in [0.15, 0.2) is 134 Å². The van der Waals surface area contributed by atoms with Crippen LogP contribution < -0.4 is 0 Å². The second-order valence-corrected chi connectivity index (χ2v) is 30.2. The van der Waals surface area contributed by atoms with Gasteiger partial charge in [-0.3, -0.25) is 37.3 Å². The molecule has 19 heteroatoms. The number of aliphatic hydroxyl groups excluding tert-OH is 1. The minimum Gasteiger partial charge on any atom is -0.462 e. The van der Waals surface area contributed by atoms with E-state index < -0.39 is 97.5 Å². The Morgan fingerprint density at radius 2 is 0.509 bits per heavy atom. The van der Waals surface area contributed by atoms with Crippen molar-refractivity contribution in [2.24, 2.45) is 0 Å². The van der Waals surface area contributed by atoms with Gasteiger partial charge in [-0.05, 0) is 135 Å². The normalized spacial score (nSPS) is 14.5. The van der Waals surface area contributed by atoms with Gasteiger partial charge in [0, 0.05) is 25.7 Å². The second kappa shape index (κ2) is 78.3. The van der Waals surface area contributed by atoms with Crippen LogP contribution in [0.5, 0.6) is 0 Å². The van der Waals surface area contributed by atoms with Gasteiger partial charge < -0.3 is 33.8 Å². The molecule has 0 amide bonds. The summed E-state index contributed by atoms with van der Waals surface area (Å²) >= 11 is 0. The van der Waals surface area contributed by atoms with E-state index in [2.05, 4.69) is 143 Å². The van der Waals surface area contributed by atoms with E-state index in [1.54, 1.807) is 0 Å². The number of hydrogen-bond donors (Lipinski definition) is 3. The van der Waals surface area contributed by atoms with Gasteiger partial charge >= 0.3 is 39.5 Å². The molecule has 0 aromatic heterocycles. The lowest BCUT2D eigenvalue weighted by atomic mass is 10.0. The number of phosphoric ester groups is 2. The minimum atomic E-state index is -5.01. The lowest BCUT2D eigenvalue weighted by Crippen LogP contribution is -2.30. The highest BCUT2D eigenvalue weighted by Gasteiger charge is 2.30. The first-order chi connectivity index (χ1) is 51.7. The van der Waals surface area contributed by atoms with Crippen LogP contribution in [0.1, 0.15) is 336 Å². The SMILES string of the molecule is CC/C=C\C/C=C\C/C=C\C/C=C\C/C=C\CCCCCC(=O)O[C@H](COC(=O)CC/C=C\C/C=C\C/C=C\C/C=C\C/C=C\CCCCC)COP(=O)(O)OC[C@@H](O)COP(=O)(O)OC[C@@H](COC(=O)CCCCCCCCCCCCCCCCC)OC(=O)CCCCCCC/C=C\CCCCCC. The molecule has 0 aliphatic rings. The van der Waals surface area contributed by atoms with Gasteiger partial charge in [0.25, 0.3) is 0 Å². The van der Waals surface area contributed by atoms with Gasteiger partial charge in [-0.2, -0.15) is 0 Å². The lowest BCUT2D eigenvalue weighted by Gasteiger charge is -2.21. The first-order valence-corrected chi connectivity index (χ1v) is 44.4. The highest BCUT2D eigenvalue weighted by Crippen LogP contribution is 2.45. The molecular formula is C87H148O17P2. The van der Waals surface area contributed by atoms with Crippen LogP contribution in [0.4, 0.5) is 0 Å². The van der Waals surface area contributed by atoms with Crippen LogP contribution in [0.3, 0.4) is 0 Å². The molecule has 2 unspecified atom stereocenters. The summed E-state index contributed by atoms with van der Waals surface area (Å²) in [7, 11) is -10.00. The fourth-order valence-corrected chi connectivity index (χ4v) is 12.4. The van der Waals surface area contributed by atoms with E-state index in [0.717, 1.165) is 135 Å². The molecule has 0 fully saturated rings. The summed E-state index contributed by atoms with van der Waals surface area (Å²) in [6, 6.07) is 0. The third-order valence-electron chi connectivity index (χ3n) is 17.1. The van der Waals surface area contributed by atoms with Gasteiger partial charge in [-0.15, -0.1) is 0 Å². The van der Waals surface area contributed by atoms with Crippen molar-refractivity contribution in [3.05, 3.63) is 134 Å². The molecule has 0 aromatic rings. The van der Waals surface area contributed by atoms with Crippen LogP contribution in [0.2, 0.25) is 0 Å². The van der Waals surface area contributed by atoms with Gasteiger partial charge in [-0.25, -0.2) is 9.13 Å². The summed E-state index contributed by atoms with van der Waals surface area (Å²) in [5.41, 5.74) is 0. The molecule has 0 heterocycles. The summed E-state index contributed by atoms with van der Waals surface area (Å²) in [5.74, 6) is -2.31. The van der Waals surface area contributed by atoms with E-state index in [9.17, 15) is 43.2 Å². The maximum absolute atomic E-state index is 13.1. The Labute approximate surface area is 644 Å². The summed E-state index contributed by atoms with van der Waals surface area (Å²) in [6.07, 6.45) is 88.7. The quantitative estimate of drug-likeness (QED) is 0.0169. The summed E-state index contributed by atoms with van der Waals surface area (Å²) < 4.78 is 68.6. The van der Waals surface area contributed by atoms with Gasteiger partial charge in [0.05, 0.1) is 26.4 Å². The van der Waals surface area contributed by atoms with E-state index in [0.29, 0.717) is 32.1 Å². The molecule has 0 radical (unpaired) electrons. The lowest BCUT2D eigenvalue weighted by molar-refractivity contribution is -0.161. The third-order valence-corrected chi connectivity index (χ3v) is 19.0. The number of ether oxygens (including phenoxy) is 4. The zero-order valence-corrected chi connectivity index (χ0v) is 68.4. The molecule has 5 atom stereocenters. The van der Waals surface area contributed by atoms with Crippen LogP contribution in [0, 0.1) is 0 Å². The standard InChI is InChI=1S/C87H148O17P2/c1-5-9-13-17-21-25-29-33-36-38-40-42-45-49-52-56-60-64-68-72-85(90)98-78-83(104-87(92)74-70-66-62-58-54-50-46-43-41-39-37-34-30-26-22-18-14-10-6-2)80-102-106(95,96)100-76-81(88)75-99-105(93,94)101-79-82(103-86(91)73-69-65-61-57-53-47-32-28-24-20-16-12-8-4)77-97-84(89)71-67-63-59-55-51-48-44-35-31-27-23-19-15-11-7-3/h10,14,21-22,25-26,28,32-34,36-37,40-43,49-50,52,54,60,64,81-83,88H,5-9,11-13,15-20,23-24,27,29-31,35,38-39,44-48,51,53,55-59,61-63,65-80H2,1-4H3,(H,93,94)(H,95,96)/b14-10-,25-21-,26-22-,32-28-,36-33-,37-34-,42-40-,43-41-,52-49-,54-50-,64-60-/t81-,82+,83+/m0/s1. The van der Waals surface area contributed by atoms with Crippen molar-refractivity contribution in [2.75, 3.05) is 39.6 Å². The predicted molar refractivity (Wildman–Crippen MR) is 436 cm³/mol. The molecule has 608 valence electrons. The average Bonchev–Trinajstić information content (AvgIpc) is 1.23. The van der Waals surface area contributed by atoms with Crippen LogP contribution in [0.25, 0.3) is 0 Å². The fourth-order valence-electron chi connectivity index (χ4n) is 10.8. The van der Waals surface area contributed by atoms with E-state index in [1.807, 2.05) is 18.2 Å². The van der Waals surface area contributed by atoms with Gasteiger partial charge in [0.2, 0.25) is 0 Å². The number of phosphoric acid groups is 2. The third kappa shape index (κ3) is 77.4. The molecule has 0 bridgehead atoms. The molecule has 0 aliphatic heterocycles. The zero-order chi connectivity index (χ0) is 77.4. The number of allylic oxidation sites excluding steroid dienone is 22. The van der Waals surface area contributed by atoms with Crippen molar-refractivity contribution in [3.8, 4) is 0 Å². The van der Waals surface area contributed by atoms with Crippen molar-refractivity contribution < 1.29 is 80.2 Å². The Bertz CT molecular complexity index is 2530. The molecule has 17 nitrogen and oxygen atoms in total. The van der Waals surface area contributed by atoms with Crippen molar-refractivity contribution in [1.29, 1.82) is 0 Å². The Hall–Kier alpha value is -4.80. The average molecular weight is 1530 g/mol. The van der Waals surface area contributed by atoms with E-state index in [1.165, 1.54) is 116 Å². The molecule has 0 saturated heterocycles. The number of aliphatic hydroxyl groups is 1. The Morgan fingerprint density at radius 3 is 0.858 bits per heavy atom. The topological polar surface area (TPSA) is 237 Å². The van der Waals surface area contributed by atoms with Crippen LogP contribution in [-0.2, 0) is 65.4 Å². The molecule has 3 N–H and O–H groups in total. The fraction of sp³-hybridized carbons (Fsp3) is 0.701. The zero-order valence-electron chi connectivity index (χ0n) is 66.6. The number of carbonyl (C=O) groups is 4. The van der Waals surface area contributed by atoms with Crippen LogP contribution >= 0.6 is 15.6 Å². The second-order valence-electron chi connectivity index (χ2n) is 27.3. The van der Waals surface area contributed by atoms with Crippen molar-refractivity contribution in [2.45, 2.75) is 354 Å². The highest BCUT2D eigenvalue weighted by atomic mass is 31.2. The number of rotatable bonds is 77. The smallest absolute Gasteiger partial charge is 0.462 e. The monoisotopic (exact) mass is 1530 g/mol. The first kappa shape index (κ1) is 101. The molecule has 0 aromatic carbocycles. The molecule has 0 spiro atoms. The van der Waals surface area contributed by atoms with Gasteiger partial charge in [0.1, 0.15) is 19.3 Å². The van der Waals surface area contributed by atoms with E-state index in [4.69, 9.17) is 37.0 Å². The molecule has 0 aliphatic carbocycles. The van der Waals surface area contributed by atoms with Crippen molar-refractivity contribution in [3.63, 3.8) is 0 Å². The first-order valence-electron chi connectivity index (χ1n) is 41.4. The maximum Gasteiger partial charge on any atom is 0.472 e. The number of carbonyl (C=O) groups excluding carboxylic acids is 4. The number of esters is 4. The van der Waals surface area contributed by atoms with Crippen molar-refractivity contribution in [1.82, 2.24) is 0 Å². The van der Waals surface area contributed by atoms with E-state index in [-0.39, 0.29) is 25.7 Å². The Balaban J connectivity index is 5.46. The highest BCUT2D eigenvalue weighted by molar-refractivity contribution is 7.47. The van der Waals surface area contributed by atoms with Gasteiger partial charge in [0.15, 0.2) is 12.2 Å². The number of unbranched alkanes of at least 4 members (excludes halogenated alkanes) is 29. The van der Waals surface area contributed by atoms with E-state index >= 15 is 0 Å². The summed E-state index contributed by atoms with van der Waals surface area (Å²) in [4.78, 5) is 73.1.